The van der Waals surface area contributed by atoms with Crippen molar-refractivity contribution in [1.82, 2.24) is 4.90 Å². The summed E-state index contributed by atoms with van der Waals surface area (Å²) in [4.78, 5) is 2.70. The molecule has 3 atom stereocenters. The van der Waals surface area contributed by atoms with Crippen LogP contribution in [0.15, 0.2) is 0 Å². The van der Waals surface area contributed by atoms with Gasteiger partial charge in [0, 0.05) is 18.6 Å². The van der Waals surface area contributed by atoms with Crippen LogP contribution in [0, 0.1) is 5.92 Å². The van der Waals surface area contributed by atoms with E-state index in [0.717, 1.165) is 18.4 Å². The number of likely N-dealkylation sites (tertiary alicyclic amines) is 1. The Morgan fingerprint density at radius 2 is 2.29 bits per heavy atom. The Morgan fingerprint density at radius 1 is 1.43 bits per heavy atom. The van der Waals surface area contributed by atoms with Crippen LogP contribution in [0.2, 0.25) is 0 Å². The van der Waals surface area contributed by atoms with Crippen LogP contribution in [0.1, 0.15) is 45.4 Å². The molecule has 2 N–H and O–H groups in total. The minimum absolute atomic E-state index is 0.440. The molecule has 2 heteroatoms. The number of rotatable bonds is 5. The monoisotopic (exact) mass is 196 g/mol. The molecular weight excluding hydrogens is 172 g/mol. The lowest BCUT2D eigenvalue weighted by Crippen LogP contribution is -2.33. The van der Waals surface area contributed by atoms with Gasteiger partial charge in [-0.3, -0.25) is 0 Å². The summed E-state index contributed by atoms with van der Waals surface area (Å²) in [7, 11) is 0. The molecule has 0 radical (unpaired) electrons. The van der Waals surface area contributed by atoms with E-state index >= 15 is 0 Å². The lowest BCUT2D eigenvalue weighted by atomic mass is 10.1. The van der Waals surface area contributed by atoms with Gasteiger partial charge in [-0.1, -0.05) is 6.92 Å². The first-order valence-corrected chi connectivity index (χ1v) is 6.29. The summed E-state index contributed by atoms with van der Waals surface area (Å²) >= 11 is 0. The van der Waals surface area contributed by atoms with E-state index in [9.17, 15) is 0 Å². The van der Waals surface area contributed by atoms with Crippen molar-refractivity contribution in [2.75, 3.05) is 13.1 Å². The van der Waals surface area contributed by atoms with Crippen LogP contribution in [0.3, 0.4) is 0 Å². The lowest BCUT2D eigenvalue weighted by Gasteiger charge is -2.26. The second kappa shape index (κ2) is 4.63. The van der Waals surface area contributed by atoms with E-state index in [4.69, 9.17) is 5.73 Å². The summed E-state index contributed by atoms with van der Waals surface area (Å²) in [6.45, 7) is 4.86. The fraction of sp³-hybridized carbons (Fsp3) is 1.00. The summed E-state index contributed by atoms with van der Waals surface area (Å²) in [6, 6.07) is 1.38. The molecule has 82 valence electrons. The number of hydrogen-bond donors (Lipinski definition) is 1. The third-order valence-electron chi connectivity index (χ3n) is 4.07. The van der Waals surface area contributed by atoms with Gasteiger partial charge >= 0.3 is 0 Å². The Hall–Kier alpha value is -0.0800. The van der Waals surface area contributed by atoms with Gasteiger partial charge in [-0.05, 0) is 51.0 Å². The van der Waals surface area contributed by atoms with Gasteiger partial charge in [0.1, 0.15) is 0 Å². The van der Waals surface area contributed by atoms with Crippen LogP contribution in [0.5, 0.6) is 0 Å². The first-order chi connectivity index (χ1) is 6.79. The largest absolute Gasteiger partial charge is 0.328 e. The molecule has 1 heterocycles. The van der Waals surface area contributed by atoms with Gasteiger partial charge in [0.25, 0.3) is 0 Å². The number of fused-ring (bicyclic) bond motifs is 2. The fourth-order valence-electron chi connectivity index (χ4n) is 3.06. The van der Waals surface area contributed by atoms with Crippen molar-refractivity contribution >= 4 is 0 Å². The van der Waals surface area contributed by atoms with Crippen molar-refractivity contribution in [3.8, 4) is 0 Å². The molecule has 2 bridgehead atoms. The molecule has 0 aromatic rings. The molecule has 3 unspecified atom stereocenters. The molecule has 1 saturated carbocycles. The van der Waals surface area contributed by atoms with Crippen molar-refractivity contribution in [2.45, 2.75) is 57.5 Å². The summed E-state index contributed by atoms with van der Waals surface area (Å²) in [5, 5.41) is 0. The Labute approximate surface area is 87.8 Å². The summed E-state index contributed by atoms with van der Waals surface area (Å²) in [5.74, 6) is 1.04. The van der Waals surface area contributed by atoms with Gasteiger partial charge in [-0.2, -0.15) is 0 Å². The zero-order valence-electron chi connectivity index (χ0n) is 9.41. The molecule has 2 rings (SSSR count). The molecule has 0 aromatic heterocycles. The Kier molecular flexibility index (Phi) is 3.45. The fourth-order valence-corrected chi connectivity index (χ4v) is 3.06. The summed E-state index contributed by atoms with van der Waals surface area (Å²) < 4.78 is 0. The first-order valence-electron chi connectivity index (χ1n) is 6.29. The third-order valence-corrected chi connectivity index (χ3v) is 4.07. The van der Waals surface area contributed by atoms with Crippen molar-refractivity contribution in [3.63, 3.8) is 0 Å². The van der Waals surface area contributed by atoms with Gasteiger partial charge in [0.2, 0.25) is 0 Å². The highest BCUT2D eigenvalue weighted by Gasteiger charge is 2.36. The Bertz CT molecular complexity index is 181. The van der Waals surface area contributed by atoms with Gasteiger partial charge in [0.15, 0.2) is 0 Å². The number of nitrogens with two attached hydrogens (primary N) is 1. The van der Waals surface area contributed by atoms with E-state index in [2.05, 4.69) is 11.8 Å². The van der Waals surface area contributed by atoms with E-state index < -0.39 is 0 Å². The van der Waals surface area contributed by atoms with Gasteiger partial charge < -0.3 is 10.6 Å². The molecular formula is C12H24N2. The normalized spacial score (nSPS) is 33.9. The van der Waals surface area contributed by atoms with Gasteiger partial charge in [-0.25, -0.2) is 0 Å². The molecule has 1 aliphatic carbocycles. The van der Waals surface area contributed by atoms with Gasteiger partial charge in [0.05, 0.1) is 0 Å². The molecule has 0 aromatic carbocycles. The van der Waals surface area contributed by atoms with Crippen LogP contribution < -0.4 is 5.73 Å². The van der Waals surface area contributed by atoms with Crippen LogP contribution in [-0.4, -0.2) is 30.1 Å². The van der Waals surface area contributed by atoms with Crippen molar-refractivity contribution in [2.24, 2.45) is 11.7 Å². The van der Waals surface area contributed by atoms with Crippen molar-refractivity contribution < 1.29 is 0 Å². The third kappa shape index (κ3) is 2.29. The van der Waals surface area contributed by atoms with E-state index in [-0.39, 0.29) is 0 Å². The van der Waals surface area contributed by atoms with Crippen LogP contribution >= 0.6 is 0 Å². The van der Waals surface area contributed by atoms with E-state index in [1.165, 1.54) is 45.2 Å². The standard InChI is InChI=1S/C12H24N2/c1-2-11(13)4-3-7-14-9-10-5-6-12(14)8-10/h10-12H,2-9,13H2,1H3. The van der Waals surface area contributed by atoms with E-state index in [1.54, 1.807) is 0 Å². The number of nitrogens with zero attached hydrogens (tertiary/aromatic N) is 1. The average Bonchev–Trinajstić information content (AvgIpc) is 2.79. The second-order valence-electron chi connectivity index (χ2n) is 5.14. The maximum atomic E-state index is 5.92. The number of piperidine rings is 1. The van der Waals surface area contributed by atoms with Crippen molar-refractivity contribution in [1.29, 1.82) is 0 Å². The predicted octanol–water partition coefficient (Wildman–Crippen LogP) is 1.99. The highest BCUT2D eigenvalue weighted by atomic mass is 15.2. The summed E-state index contributed by atoms with van der Waals surface area (Å²) in [6.07, 6.45) is 8.09. The zero-order chi connectivity index (χ0) is 9.97. The second-order valence-corrected chi connectivity index (χ2v) is 5.14. The van der Waals surface area contributed by atoms with E-state index in [1.807, 2.05) is 0 Å². The molecule has 1 aliphatic heterocycles. The first kappa shape index (κ1) is 10.4. The average molecular weight is 196 g/mol. The zero-order valence-corrected chi connectivity index (χ0v) is 9.41. The van der Waals surface area contributed by atoms with E-state index in [0.29, 0.717) is 6.04 Å². The smallest absolute Gasteiger partial charge is 0.00985 e. The minimum atomic E-state index is 0.440. The molecule has 2 aliphatic rings. The minimum Gasteiger partial charge on any atom is -0.328 e. The SMILES string of the molecule is CCC(N)CCCN1CC2CCC1C2. The topological polar surface area (TPSA) is 29.3 Å². The lowest BCUT2D eigenvalue weighted by molar-refractivity contribution is 0.208. The van der Waals surface area contributed by atoms with Crippen LogP contribution in [-0.2, 0) is 0 Å². The van der Waals surface area contributed by atoms with Gasteiger partial charge in [-0.15, -0.1) is 0 Å². The molecule has 2 nitrogen and oxygen atoms in total. The molecule has 14 heavy (non-hydrogen) atoms. The summed E-state index contributed by atoms with van der Waals surface area (Å²) in [5.41, 5.74) is 5.92. The highest BCUT2D eigenvalue weighted by molar-refractivity contribution is 4.91. The Balaban J connectivity index is 1.62. The number of hydrogen-bond acceptors (Lipinski definition) is 2. The highest BCUT2D eigenvalue weighted by Crippen LogP contribution is 2.37. The molecule has 0 amide bonds. The molecule has 2 fully saturated rings. The van der Waals surface area contributed by atoms with Crippen molar-refractivity contribution in [3.05, 3.63) is 0 Å². The maximum absolute atomic E-state index is 5.92. The quantitative estimate of drug-likeness (QED) is 0.728. The van der Waals surface area contributed by atoms with Crippen LogP contribution in [0.25, 0.3) is 0 Å². The maximum Gasteiger partial charge on any atom is 0.00985 e. The Morgan fingerprint density at radius 3 is 2.86 bits per heavy atom. The predicted molar refractivity (Wildman–Crippen MR) is 60.2 cm³/mol. The van der Waals surface area contributed by atoms with Crippen LogP contribution in [0.4, 0.5) is 0 Å². The molecule has 1 saturated heterocycles. The molecule has 0 spiro atoms.